The Morgan fingerprint density at radius 3 is 2.31 bits per heavy atom. The van der Waals surface area contributed by atoms with E-state index in [1.165, 1.54) is 7.11 Å². The van der Waals surface area contributed by atoms with Gasteiger partial charge in [0, 0.05) is 30.0 Å². The predicted molar refractivity (Wildman–Crippen MR) is 122 cm³/mol. The number of esters is 1. The summed E-state index contributed by atoms with van der Waals surface area (Å²) in [7, 11) is 1.33. The number of carbonyl (C=O) groups excluding carboxylic acids is 2. The molecule has 32 heavy (non-hydrogen) atoms. The molecule has 1 N–H and O–H groups in total. The summed E-state index contributed by atoms with van der Waals surface area (Å²) in [6.07, 6.45) is 0. The Morgan fingerprint density at radius 1 is 1.00 bits per heavy atom. The number of nitrogens with one attached hydrogen (secondary N) is 1. The Hall–Kier alpha value is -3.65. The van der Waals surface area contributed by atoms with Crippen molar-refractivity contribution in [3.05, 3.63) is 71.0 Å². The van der Waals surface area contributed by atoms with Gasteiger partial charge in [-0.3, -0.25) is 4.79 Å². The van der Waals surface area contributed by atoms with E-state index >= 15 is 0 Å². The zero-order valence-corrected chi connectivity index (χ0v) is 18.4. The van der Waals surface area contributed by atoms with Gasteiger partial charge < -0.3 is 19.7 Å². The van der Waals surface area contributed by atoms with Crippen molar-refractivity contribution in [1.82, 2.24) is 9.78 Å². The average molecular weight is 434 g/mol. The van der Waals surface area contributed by atoms with E-state index in [0.29, 0.717) is 30.0 Å². The lowest BCUT2D eigenvalue weighted by molar-refractivity contribution is 0.0602. The van der Waals surface area contributed by atoms with Crippen molar-refractivity contribution in [3.63, 3.8) is 0 Å². The summed E-state index contributed by atoms with van der Waals surface area (Å²) in [5.41, 5.74) is 4.90. The Morgan fingerprint density at radius 2 is 1.69 bits per heavy atom. The van der Waals surface area contributed by atoms with Crippen LogP contribution in [0.25, 0.3) is 5.69 Å². The van der Waals surface area contributed by atoms with Crippen molar-refractivity contribution in [3.8, 4) is 5.69 Å². The Kier molecular flexibility index (Phi) is 6.23. The molecule has 8 heteroatoms. The Balaban J connectivity index is 1.55. The van der Waals surface area contributed by atoms with E-state index < -0.39 is 5.97 Å². The molecule has 0 unspecified atom stereocenters. The van der Waals surface area contributed by atoms with Gasteiger partial charge in [-0.2, -0.15) is 5.10 Å². The fourth-order valence-corrected chi connectivity index (χ4v) is 3.78. The van der Waals surface area contributed by atoms with E-state index in [0.717, 1.165) is 35.9 Å². The molecule has 1 aliphatic rings. The zero-order valence-electron chi connectivity index (χ0n) is 18.4. The van der Waals surface area contributed by atoms with E-state index in [2.05, 4.69) is 15.3 Å². The summed E-state index contributed by atoms with van der Waals surface area (Å²) in [6, 6.07) is 14.5. The first-order chi connectivity index (χ1) is 15.5. The van der Waals surface area contributed by atoms with Crippen LogP contribution in [0.2, 0.25) is 0 Å². The van der Waals surface area contributed by atoms with Crippen molar-refractivity contribution >= 4 is 23.3 Å². The number of aromatic nitrogens is 2. The molecule has 0 saturated carbocycles. The van der Waals surface area contributed by atoms with Crippen LogP contribution in [0, 0.1) is 13.8 Å². The van der Waals surface area contributed by atoms with Crippen LogP contribution in [0.1, 0.15) is 32.1 Å². The Bertz CT molecular complexity index is 1130. The third-order valence-corrected chi connectivity index (χ3v) is 5.42. The van der Waals surface area contributed by atoms with Crippen LogP contribution >= 0.6 is 0 Å². The Labute approximate surface area is 186 Å². The normalized spacial score (nSPS) is 13.7. The molecule has 0 spiro atoms. The van der Waals surface area contributed by atoms with Gasteiger partial charge in [-0.1, -0.05) is 0 Å². The molecule has 166 valence electrons. The van der Waals surface area contributed by atoms with Crippen LogP contribution in [0.4, 0.5) is 11.4 Å². The minimum absolute atomic E-state index is 0.309. The lowest BCUT2D eigenvalue weighted by Crippen LogP contribution is -2.36. The molecule has 1 amide bonds. The number of nitrogens with zero attached hydrogens (tertiary/aromatic N) is 3. The first kappa shape index (κ1) is 21.6. The minimum atomic E-state index is -0.504. The monoisotopic (exact) mass is 434 g/mol. The number of anilines is 2. The highest BCUT2D eigenvalue weighted by atomic mass is 16.5. The fraction of sp³-hybridized carbons (Fsp3) is 0.292. The smallest absolute Gasteiger partial charge is 0.340 e. The van der Waals surface area contributed by atoms with Gasteiger partial charge in [-0.15, -0.1) is 0 Å². The summed E-state index contributed by atoms with van der Waals surface area (Å²) in [4.78, 5) is 27.4. The molecular weight excluding hydrogens is 408 g/mol. The largest absolute Gasteiger partial charge is 0.465 e. The second kappa shape index (κ2) is 9.23. The van der Waals surface area contributed by atoms with Crippen molar-refractivity contribution in [1.29, 1.82) is 0 Å². The van der Waals surface area contributed by atoms with Crippen LogP contribution in [-0.4, -0.2) is 55.1 Å². The highest BCUT2D eigenvalue weighted by molar-refractivity contribution is 6.08. The molecule has 0 bridgehead atoms. The maximum absolute atomic E-state index is 12.9. The molecule has 0 atom stereocenters. The molecule has 3 aromatic rings. The summed E-state index contributed by atoms with van der Waals surface area (Å²) in [5, 5.41) is 7.30. The van der Waals surface area contributed by atoms with E-state index in [1.54, 1.807) is 24.3 Å². The fourth-order valence-electron chi connectivity index (χ4n) is 3.78. The van der Waals surface area contributed by atoms with E-state index in [4.69, 9.17) is 9.47 Å². The molecule has 1 saturated heterocycles. The lowest BCUT2D eigenvalue weighted by Gasteiger charge is -2.29. The van der Waals surface area contributed by atoms with E-state index in [-0.39, 0.29) is 5.91 Å². The second-order valence-corrected chi connectivity index (χ2v) is 7.66. The van der Waals surface area contributed by atoms with Gasteiger partial charge in [-0.05, 0) is 62.4 Å². The third kappa shape index (κ3) is 4.50. The molecule has 1 fully saturated rings. The van der Waals surface area contributed by atoms with Crippen molar-refractivity contribution in [2.45, 2.75) is 13.8 Å². The SMILES string of the molecule is COC(=O)c1cc(N2CCOCC2)ccc1NC(=O)c1ccc(-n2nc(C)cc2C)cc1. The van der Waals surface area contributed by atoms with Gasteiger partial charge in [0.05, 0.1) is 43.0 Å². The standard InChI is InChI=1S/C24H26N4O4/c1-16-14-17(2)28(26-16)19-6-4-18(5-7-19)23(29)25-22-9-8-20(15-21(22)24(30)31-3)27-10-12-32-13-11-27/h4-9,14-15H,10-13H2,1-3H3,(H,25,29). The third-order valence-electron chi connectivity index (χ3n) is 5.42. The minimum Gasteiger partial charge on any atom is -0.465 e. The highest BCUT2D eigenvalue weighted by Crippen LogP contribution is 2.26. The van der Waals surface area contributed by atoms with Gasteiger partial charge in [-0.25, -0.2) is 9.48 Å². The maximum Gasteiger partial charge on any atom is 0.340 e. The van der Waals surface area contributed by atoms with Gasteiger partial charge in [0.15, 0.2) is 0 Å². The van der Waals surface area contributed by atoms with Crippen LogP contribution in [0.3, 0.4) is 0 Å². The van der Waals surface area contributed by atoms with Crippen LogP contribution in [0.5, 0.6) is 0 Å². The van der Waals surface area contributed by atoms with Crippen LogP contribution in [-0.2, 0) is 9.47 Å². The zero-order chi connectivity index (χ0) is 22.7. The molecule has 0 radical (unpaired) electrons. The van der Waals surface area contributed by atoms with E-state index in [1.807, 2.05) is 42.8 Å². The number of rotatable bonds is 5. The maximum atomic E-state index is 12.9. The first-order valence-corrected chi connectivity index (χ1v) is 10.5. The van der Waals surface area contributed by atoms with Crippen molar-refractivity contribution in [2.24, 2.45) is 0 Å². The average Bonchev–Trinajstić information content (AvgIpc) is 3.17. The predicted octanol–water partition coefficient (Wildman–Crippen LogP) is 3.36. The summed E-state index contributed by atoms with van der Waals surface area (Å²) >= 11 is 0. The molecule has 1 aromatic heterocycles. The second-order valence-electron chi connectivity index (χ2n) is 7.66. The van der Waals surface area contributed by atoms with Gasteiger partial charge in [0.1, 0.15) is 0 Å². The number of carbonyl (C=O) groups is 2. The highest BCUT2D eigenvalue weighted by Gasteiger charge is 2.19. The number of hydrogen-bond donors (Lipinski definition) is 1. The molecule has 0 aliphatic carbocycles. The number of amides is 1. The van der Waals surface area contributed by atoms with Gasteiger partial charge in [0.25, 0.3) is 5.91 Å². The first-order valence-electron chi connectivity index (χ1n) is 10.5. The molecule has 1 aliphatic heterocycles. The number of morpholine rings is 1. The number of hydrogen-bond acceptors (Lipinski definition) is 6. The molecule has 2 heterocycles. The molecule has 4 rings (SSSR count). The molecular formula is C24H26N4O4. The topological polar surface area (TPSA) is 85.7 Å². The molecule has 2 aromatic carbocycles. The van der Waals surface area contributed by atoms with Gasteiger partial charge in [0.2, 0.25) is 0 Å². The number of ether oxygens (including phenoxy) is 2. The number of benzene rings is 2. The van der Waals surface area contributed by atoms with E-state index in [9.17, 15) is 9.59 Å². The quantitative estimate of drug-likeness (QED) is 0.620. The summed E-state index contributed by atoms with van der Waals surface area (Å²) in [5.74, 6) is -0.815. The van der Waals surface area contributed by atoms with Crippen LogP contribution in [0.15, 0.2) is 48.5 Å². The van der Waals surface area contributed by atoms with Crippen molar-refractivity contribution in [2.75, 3.05) is 43.6 Å². The van der Waals surface area contributed by atoms with Crippen LogP contribution < -0.4 is 10.2 Å². The molecule has 8 nitrogen and oxygen atoms in total. The summed E-state index contributed by atoms with van der Waals surface area (Å²) in [6.45, 7) is 6.69. The lowest BCUT2D eigenvalue weighted by atomic mass is 10.1. The van der Waals surface area contributed by atoms with Crippen molar-refractivity contribution < 1.29 is 19.1 Å². The summed E-state index contributed by atoms with van der Waals surface area (Å²) < 4.78 is 12.2. The number of methoxy groups -OCH3 is 1. The van der Waals surface area contributed by atoms with Gasteiger partial charge >= 0.3 is 5.97 Å². The number of aryl methyl sites for hydroxylation is 2.